The van der Waals surface area contributed by atoms with E-state index >= 15 is 0 Å². The number of nitrogens with one attached hydrogen (secondary N) is 1. The Balaban J connectivity index is 1.19. The molecule has 3 atom stereocenters. The van der Waals surface area contributed by atoms with E-state index in [-0.39, 0.29) is 39.5 Å². The quantitative estimate of drug-likeness (QED) is 0.0548. The number of benzene rings is 5. The lowest BCUT2D eigenvalue weighted by atomic mass is 9.93. The van der Waals surface area contributed by atoms with Gasteiger partial charge in [-0.3, -0.25) is 14.7 Å². The Labute approximate surface area is 347 Å². The van der Waals surface area contributed by atoms with Gasteiger partial charge in [-0.15, -0.1) is 0 Å². The van der Waals surface area contributed by atoms with E-state index in [0.717, 1.165) is 38.2 Å². The molecule has 0 amide bonds. The molecule has 0 aliphatic carbocycles. The van der Waals surface area contributed by atoms with Crippen molar-refractivity contribution in [2.24, 2.45) is 0 Å². The largest absolute Gasteiger partial charge is 0.471 e. The SMILES string of the molecule is CC(C)(C)[Si](C)(C)OC[C@H]1O[C@@H](n2cnc3c(OCc4ccccc4)nc(Nc4ccc5ccc6c([N+](=O)[O-])ccc7ccc4c5c76)nc32)C[C@@H]1O[Si](C)(C)C(C)(C)C. The van der Waals surface area contributed by atoms with Crippen molar-refractivity contribution in [2.75, 3.05) is 11.9 Å². The molecule has 7 aromatic rings. The fraction of sp³-hybridized carbons (Fsp3) is 0.400. The Hall–Kier alpha value is -5.00. The molecule has 0 unspecified atom stereocenters. The molecule has 1 aliphatic rings. The third-order valence-electron chi connectivity index (χ3n) is 12.9. The van der Waals surface area contributed by atoms with Crippen molar-refractivity contribution in [1.82, 2.24) is 19.5 Å². The molecule has 2 aromatic heterocycles. The van der Waals surface area contributed by atoms with Crippen molar-refractivity contribution >= 4 is 77.4 Å². The van der Waals surface area contributed by atoms with Gasteiger partial charge in [0.1, 0.15) is 18.9 Å². The molecule has 0 spiro atoms. The molecular formula is C45H54N6O6Si2. The first-order chi connectivity index (χ1) is 27.8. The van der Waals surface area contributed by atoms with Crippen LogP contribution in [0.15, 0.2) is 85.2 Å². The fourth-order valence-corrected chi connectivity index (χ4v) is 9.74. The second-order valence-corrected chi connectivity index (χ2v) is 28.4. The first kappa shape index (κ1) is 40.8. The van der Waals surface area contributed by atoms with Crippen molar-refractivity contribution in [1.29, 1.82) is 0 Å². The molecular weight excluding hydrogens is 777 g/mol. The van der Waals surface area contributed by atoms with Gasteiger partial charge in [0.15, 0.2) is 27.8 Å². The van der Waals surface area contributed by atoms with E-state index in [1.54, 1.807) is 12.4 Å². The van der Waals surface area contributed by atoms with E-state index in [1.807, 2.05) is 77.4 Å². The number of hydrogen-bond donors (Lipinski definition) is 1. The summed E-state index contributed by atoms with van der Waals surface area (Å²) in [5, 5.41) is 20.7. The summed E-state index contributed by atoms with van der Waals surface area (Å²) in [6.45, 7) is 23.3. The number of rotatable bonds is 12. The minimum Gasteiger partial charge on any atom is -0.471 e. The summed E-state index contributed by atoms with van der Waals surface area (Å²) >= 11 is 0. The Morgan fingerprint density at radius 3 is 2.17 bits per heavy atom. The number of fused-ring (bicyclic) bond motifs is 1. The molecule has 5 aromatic carbocycles. The molecule has 14 heteroatoms. The van der Waals surface area contributed by atoms with Crippen molar-refractivity contribution in [3.05, 3.63) is 101 Å². The zero-order chi connectivity index (χ0) is 42.1. The lowest BCUT2D eigenvalue weighted by Gasteiger charge is -2.40. The predicted octanol–water partition coefficient (Wildman–Crippen LogP) is 11.7. The highest BCUT2D eigenvalue weighted by Gasteiger charge is 2.47. The molecule has 0 radical (unpaired) electrons. The molecule has 1 aliphatic heterocycles. The molecule has 59 heavy (non-hydrogen) atoms. The van der Waals surface area contributed by atoms with Gasteiger partial charge in [-0.1, -0.05) is 96.1 Å². The lowest BCUT2D eigenvalue weighted by molar-refractivity contribution is -0.383. The van der Waals surface area contributed by atoms with E-state index in [4.69, 9.17) is 33.3 Å². The van der Waals surface area contributed by atoms with Gasteiger partial charge in [0.25, 0.3) is 5.69 Å². The number of imidazole rings is 1. The lowest BCUT2D eigenvalue weighted by Crippen LogP contribution is -2.48. The van der Waals surface area contributed by atoms with Crippen molar-refractivity contribution in [2.45, 2.75) is 109 Å². The normalized spacial score (nSPS) is 18.1. The summed E-state index contributed by atoms with van der Waals surface area (Å²) < 4.78 is 29.2. The van der Waals surface area contributed by atoms with Gasteiger partial charge in [-0.2, -0.15) is 9.97 Å². The van der Waals surface area contributed by atoms with Crippen molar-refractivity contribution < 1.29 is 23.2 Å². The molecule has 12 nitrogen and oxygen atoms in total. The van der Waals surface area contributed by atoms with E-state index in [2.05, 4.69) is 73.0 Å². The fourth-order valence-electron chi connectivity index (χ4n) is 7.37. The van der Waals surface area contributed by atoms with Gasteiger partial charge in [-0.25, -0.2) is 4.98 Å². The van der Waals surface area contributed by atoms with Crippen LogP contribution in [-0.2, 0) is 20.2 Å². The summed E-state index contributed by atoms with van der Waals surface area (Å²) in [5.74, 6) is 0.645. The Kier molecular flexibility index (Phi) is 10.3. The monoisotopic (exact) mass is 830 g/mol. The van der Waals surface area contributed by atoms with Crippen molar-refractivity contribution in [3.8, 4) is 5.88 Å². The highest BCUT2D eigenvalue weighted by atomic mass is 28.4. The topological polar surface area (TPSA) is 136 Å². The van der Waals surface area contributed by atoms with E-state index in [0.29, 0.717) is 41.4 Å². The maximum absolute atomic E-state index is 12.0. The average molecular weight is 831 g/mol. The summed E-state index contributed by atoms with van der Waals surface area (Å²) in [6.07, 6.45) is 1.44. The van der Waals surface area contributed by atoms with Gasteiger partial charge < -0.3 is 23.6 Å². The second kappa shape index (κ2) is 14.9. The maximum Gasteiger partial charge on any atom is 0.277 e. The molecule has 1 N–H and O–H groups in total. The number of nitro benzene ring substituents is 1. The number of nitro groups is 1. The first-order valence-electron chi connectivity index (χ1n) is 20.3. The van der Waals surface area contributed by atoms with E-state index < -0.39 is 22.9 Å². The summed E-state index contributed by atoms with van der Waals surface area (Å²) in [7, 11) is -4.28. The van der Waals surface area contributed by atoms with Crippen LogP contribution < -0.4 is 10.1 Å². The number of aromatic nitrogens is 4. The maximum atomic E-state index is 12.0. The van der Waals surface area contributed by atoms with Crippen LogP contribution in [0.25, 0.3) is 43.5 Å². The van der Waals surface area contributed by atoms with Gasteiger partial charge in [-0.05, 0) is 76.2 Å². The smallest absolute Gasteiger partial charge is 0.277 e. The van der Waals surface area contributed by atoms with Crippen molar-refractivity contribution in [3.63, 3.8) is 0 Å². The van der Waals surface area contributed by atoms with E-state index in [9.17, 15) is 10.1 Å². The summed E-state index contributed by atoms with van der Waals surface area (Å²) in [4.78, 5) is 26.5. The summed E-state index contributed by atoms with van der Waals surface area (Å²) in [5.41, 5.74) is 2.89. The number of ether oxygens (including phenoxy) is 2. The van der Waals surface area contributed by atoms with Crippen LogP contribution in [0.5, 0.6) is 5.88 Å². The third kappa shape index (κ3) is 7.68. The van der Waals surface area contributed by atoms with Gasteiger partial charge in [0, 0.05) is 28.9 Å². The molecule has 0 bridgehead atoms. The van der Waals surface area contributed by atoms with Crippen LogP contribution >= 0.6 is 0 Å². The Bertz CT molecular complexity index is 2670. The minimum absolute atomic E-state index is 0.0102. The highest BCUT2D eigenvalue weighted by molar-refractivity contribution is 6.74. The van der Waals surface area contributed by atoms with Gasteiger partial charge in [0.05, 0.1) is 29.3 Å². The number of anilines is 2. The van der Waals surface area contributed by atoms with Crippen LogP contribution in [0, 0.1) is 10.1 Å². The van der Waals surface area contributed by atoms with Gasteiger partial charge >= 0.3 is 0 Å². The Morgan fingerprint density at radius 1 is 0.847 bits per heavy atom. The first-order valence-corrected chi connectivity index (χ1v) is 26.1. The van der Waals surface area contributed by atoms with Crippen LogP contribution in [0.4, 0.5) is 17.3 Å². The Morgan fingerprint density at radius 2 is 1.49 bits per heavy atom. The molecule has 8 rings (SSSR count). The molecule has 0 saturated carbocycles. The van der Waals surface area contributed by atoms with Crippen LogP contribution in [0.2, 0.25) is 36.3 Å². The number of hydrogen-bond acceptors (Lipinski definition) is 10. The second-order valence-electron chi connectivity index (χ2n) is 18.8. The predicted molar refractivity (Wildman–Crippen MR) is 240 cm³/mol. The standard InChI is InChI=1S/C45H54N6O6Si2/c1-44(2,3)58(7,8)55-26-36-35(57-59(9,10)45(4,5)6)24-37(56-36)50-27-46-40-41(50)48-43(49-42(40)54-25-28-14-12-11-13-15-28)47-33-22-18-29-17-21-32-34(51(52)53)23-19-30-16-20-31(33)38(29)39(30)32/h11-23,27,35-37H,24-26H2,1-10H3,(H,47,48,49)/t35-,36+,37+/m0/s1. The molecule has 308 valence electrons. The zero-order valence-corrected chi connectivity index (χ0v) is 37.6. The van der Waals surface area contributed by atoms with E-state index in [1.165, 1.54) is 0 Å². The number of non-ortho nitro benzene ring substituents is 1. The third-order valence-corrected chi connectivity index (χ3v) is 21.9. The van der Waals surface area contributed by atoms with Crippen LogP contribution in [0.1, 0.15) is 59.8 Å². The summed E-state index contributed by atoms with van der Waals surface area (Å²) in [6, 6.07) is 25.1. The molecule has 1 fully saturated rings. The zero-order valence-electron chi connectivity index (χ0n) is 35.6. The average Bonchev–Trinajstić information content (AvgIpc) is 3.78. The number of nitrogens with zero attached hydrogens (tertiary/aromatic N) is 5. The van der Waals surface area contributed by atoms with Gasteiger partial charge in [0.2, 0.25) is 11.8 Å². The van der Waals surface area contributed by atoms with Crippen LogP contribution in [0.3, 0.4) is 0 Å². The minimum atomic E-state index is -2.19. The molecule has 3 heterocycles. The highest BCUT2D eigenvalue weighted by Crippen LogP contribution is 2.44. The molecule has 1 saturated heterocycles. The van der Waals surface area contributed by atoms with Crippen LogP contribution in [-0.4, -0.2) is 59.9 Å².